The van der Waals surface area contributed by atoms with Crippen molar-refractivity contribution < 1.29 is 13.2 Å². The first kappa shape index (κ1) is 11.0. The zero-order valence-corrected chi connectivity index (χ0v) is 9.63. The Morgan fingerprint density at radius 3 is 2.83 bits per heavy atom. The van der Waals surface area contributed by atoms with E-state index >= 15 is 0 Å². The van der Waals surface area contributed by atoms with Crippen LogP contribution in [0.2, 0.25) is 0 Å². The number of furan rings is 1. The van der Waals surface area contributed by atoms with E-state index in [1.54, 1.807) is 6.07 Å². The number of nitrogens with zero attached hydrogens (tertiary/aromatic N) is 1. The topological polar surface area (TPSA) is 41.8 Å². The maximum atomic E-state index is 13.5. The van der Waals surface area contributed by atoms with Gasteiger partial charge in [-0.2, -0.15) is 0 Å². The Morgan fingerprint density at radius 1 is 1.28 bits per heavy atom. The highest BCUT2D eigenvalue weighted by Gasteiger charge is 2.13. The van der Waals surface area contributed by atoms with Gasteiger partial charge in [-0.3, -0.25) is 0 Å². The number of H-pyrrole nitrogens is 1. The van der Waals surface area contributed by atoms with Gasteiger partial charge in [0, 0.05) is 12.5 Å². The molecule has 3 aromatic rings. The van der Waals surface area contributed by atoms with E-state index in [0.29, 0.717) is 17.1 Å². The molecule has 3 nitrogen and oxygen atoms in total. The van der Waals surface area contributed by atoms with Crippen LogP contribution >= 0.6 is 0 Å². The second-order valence-electron chi connectivity index (χ2n) is 3.99. The van der Waals surface area contributed by atoms with Gasteiger partial charge in [0.1, 0.15) is 17.1 Å². The van der Waals surface area contributed by atoms with Crippen LogP contribution in [0.25, 0.3) is 22.6 Å². The first-order valence-electron chi connectivity index (χ1n) is 5.61. The third kappa shape index (κ3) is 1.68. The van der Waals surface area contributed by atoms with Crippen molar-refractivity contribution in [3.63, 3.8) is 0 Å². The summed E-state index contributed by atoms with van der Waals surface area (Å²) in [5.41, 5.74) is 0.429. The molecule has 0 amide bonds. The largest absolute Gasteiger partial charge is 0.458 e. The highest BCUT2D eigenvalue weighted by Crippen LogP contribution is 2.24. The molecule has 3 rings (SSSR count). The molecule has 0 atom stereocenters. The summed E-state index contributed by atoms with van der Waals surface area (Å²) in [6, 6.07) is 5.61. The van der Waals surface area contributed by atoms with Gasteiger partial charge in [0.15, 0.2) is 17.4 Å². The number of hydrogen-bond acceptors (Lipinski definition) is 2. The molecule has 0 fully saturated rings. The van der Waals surface area contributed by atoms with Gasteiger partial charge in [0.05, 0.1) is 5.52 Å². The van der Waals surface area contributed by atoms with Gasteiger partial charge in [-0.1, -0.05) is 6.92 Å². The molecule has 0 spiro atoms. The van der Waals surface area contributed by atoms with Crippen LogP contribution in [0.15, 0.2) is 28.7 Å². The summed E-state index contributed by atoms with van der Waals surface area (Å²) in [7, 11) is 0. The lowest BCUT2D eigenvalue weighted by atomic mass is 10.3. The fourth-order valence-corrected chi connectivity index (χ4v) is 1.85. The molecule has 2 aromatic heterocycles. The van der Waals surface area contributed by atoms with Gasteiger partial charge in [-0.15, -0.1) is 0 Å². The number of nitrogens with one attached hydrogen (secondary N) is 1. The van der Waals surface area contributed by atoms with Crippen LogP contribution in [0, 0.1) is 11.6 Å². The van der Waals surface area contributed by atoms with E-state index < -0.39 is 11.6 Å². The monoisotopic (exact) mass is 248 g/mol. The Bertz CT molecular complexity index is 715. The molecular formula is C13H10F2N2O. The second-order valence-corrected chi connectivity index (χ2v) is 3.99. The number of fused-ring (bicyclic) bond motifs is 1. The van der Waals surface area contributed by atoms with Crippen LogP contribution in [-0.2, 0) is 6.42 Å². The first-order valence-corrected chi connectivity index (χ1v) is 5.61. The third-order valence-electron chi connectivity index (χ3n) is 2.75. The summed E-state index contributed by atoms with van der Waals surface area (Å²) < 4.78 is 32.1. The summed E-state index contributed by atoms with van der Waals surface area (Å²) in [5, 5.41) is 0. The van der Waals surface area contributed by atoms with Crippen LogP contribution in [0.3, 0.4) is 0 Å². The Labute approximate surface area is 101 Å². The van der Waals surface area contributed by atoms with Gasteiger partial charge in [-0.05, 0) is 18.2 Å². The van der Waals surface area contributed by atoms with Gasteiger partial charge >= 0.3 is 0 Å². The number of aromatic amines is 1. The van der Waals surface area contributed by atoms with Crippen molar-refractivity contribution >= 4 is 11.0 Å². The number of halogens is 2. The van der Waals surface area contributed by atoms with Crippen LogP contribution in [0.5, 0.6) is 0 Å². The standard InChI is InChI=1S/C13H10F2N2O/c1-2-8-3-4-11(18-8)13-16-10-6-7(14)5-9(15)12(10)17-13/h3-6H,2H2,1H3,(H,16,17). The van der Waals surface area contributed by atoms with Gasteiger partial charge < -0.3 is 9.40 Å². The molecule has 0 unspecified atom stereocenters. The zero-order chi connectivity index (χ0) is 12.7. The van der Waals surface area contributed by atoms with Crippen LogP contribution in [0.1, 0.15) is 12.7 Å². The highest BCUT2D eigenvalue weighted by molar-refractivity contribution is 5.79. The predicted octanol–water partition coefficient (Wildman–Crippen LogP) is 3.66. The maximum absolute atomic E-state index is 13.5. The van der Waals surface area contributed by atoms with Crippen molar-refractivity contribution in [2.24, 2.45) is 0 Å². The summed E-state index contributed by atoms with van der Waals surface area (Å²) in [4.78, 5) is 6.93. The number of aromatic nitrogens is 2. The molecule has 0 aliphatic carbocycles. The molecule has 5 heteroatoms. The highest BCUT2D eigenvalue weighted by atomic mass is 19.1. The lowest BCUT2D eigenvalue weighted by Crippen LogP contribution is -1.81. The van der Waals surface area contributed by atoms with Gasteiger partial charge in [0.2, 0.25) is 0 Å². The van der Waals surface area contributed by atoms with Gasteiger partial charge in [-0.25, -0.2) is 13.8 Å². The number of imidazole rings is 1. The molecule has 18 heavy (non-hydrogen) atoms. The van der Waals surface area contributed by atoms with E-state index in [1.807, 2.05) is 13.0 Å². The van der Waals surface area contributed by atoms with E-state index in [0.717, 1.165) is 18.2 Å². The Kier molecular flexibility index (Phi) is 2.40. The SMILES string of the molecule is CCc1ccc(-c2nc3c(F)cc(F)cc3[nH]2)o1. The molecule has 0 saturated carbocycles. The Hall–Kier alpha value is -2.17. The Morgan fingerprint density at radius 2 is 2.11 bits per heavy atom. The summed E-state index contributed by atoms with van der Waals surface area (Å²) >= 11 is 0. The predicted molar refractivity (Wildman–Crippen MR) is 63.1 cm³/mol. The molecule has 2 heterocycles. The lowest BCUT2D eigenvalue weighted by Gasteiger charge is -1.90. The van der Waals surface area contributed by atoms with E-state index in [9.17, 15) is 8.78 Å². The van der Waals surface area contributed by atoms with Crippen molar-refractivity contribution in [2.75, 3.05) is 0 Å². The summed E-state index contributed by atoms with van der Waals surface area (Å²) in [5.74, 6) is 0.410. The van der Waals surface area contributed by atoms with E-state index in [4.69, 9.17) is 4.42 Å². The number of hydrogen-bond donors (Lipinski definition) is 1. The van der Waals surface area contributed by atoms with Crippen LogP contribution in [0.4, 0.5) is 8.78 Å². The average Bonchev–Trinajstić information content (AvgIpc) is 2.93. The normalized spacial score (nSPS) is 11.3. The van der Waals surface area contributed by atoms with Crippen molar-refractivity contribution in [2.45, 2.75) is 13.3 Å². The van der Waals surface area contributed by atoms with Crippen LogP contribution in [-0.4, -0.2) is 9.97 Å². The van der Waals surface area contributed by atoms with Crippen molar-refractivity contribution in [1.82, 2.24) is 9.97 Å². The molecule has 0 bridgehead atoms. The fourth-order valence-electron chi connectivity index (χ4n) is 1.85. The van der Waals surface area contributed by atoms with Gasteiger partial charge in [0.25, 0.3) is 0 Å². The molecule has 1 aromatic carbocycles. The minimum absolute atomic E-state index is 0.112. The molecule has 1 N–H and O–H groups in total. The van der Waals surface area contributed by atoms with Crippen LogP contribution < -0.4 is 0 Å². The quantitative estimate of drug-likeness (QED) is 0.751. The summed E-state index contributed by atoms with van der Waals surface area (Å²) in [6.07, 6.45) is 0.767. The van der Waals surface area contributed by atoms with E-state index in [-0.39, 0.29) is 5.52 Å². The average molecular weight is 248 g/mol. The number of benzene rings is 1. The third-order valence-corrected chi connectivity index (χ3v) is 2.75. The van der Waals surface area contributed by atoms with Crippen molar-refractivity contribution in [3.8, 4) is 11.6 Å². The molecule has 0 aliphatic heterocycles. The minimum atomic E-state index is -0.685. The smallest absolute Gasteiger partial charge is 0.174 e. The first-order chi connectivity index (χ1) is 8.67. The zero-order valence-electron chi connectivity index (χ0n) is 9.63. The maximum Gasteiger partial charge on any atom is 0.174 e. The molecule has 0 saturated heterocycles. The minimum Gasteiger partial charge on any atom is -0.458 e. The molecule has 0 aliphatic rings. The number of aryl methyl sites for hydroxylation is 1. The van der Waals surface area contributed by atoms with E-state index in [2.05, 4.69) is 9.97 Å². The second kappa shape index (κ2) is 3.94. The summed E-state index contributed by atoms with van der Waals surface area (Å²) in [6.45, 7) is 1.97. The Balaban J connectivity index is 2.16. The molecule has 92 valence electrons. The molecular weight excluding hydrogens is 238 g/mol. The van der Waals surface area contributed by atoms with E-state index in [1.165, 1.54) is 6.07 Å². The molecule has 0 radical (unpaired) electrons. The van der Waals surface area contributed by atoms with Crippen molar-refractivity contribution in [3.05, 3.63) is 41.7 Å². The number of rotatable bonds is 2. The van der Waals surface area contributed by atoms with Crippen molar-refractivity contribution in [1.29, 1.82) is 0 Å². The fraction of sp³-hybridized carbons (Fsp3) is 0.154. The lowest BCUT2D eigenvalue weighted by molar-refractivity contribution is 0.526.